The van der Waals surface area contributed by atoms with Gasteiger partial charge in [-0.3, -0.25) is 0 Å². The van der Waals surface area contributed by atoms with Crippen LogP contribution in [0.4, 0.5) is 0 Å². The van der Waals surface area contributed by atoms with Gasteiger partial charge in [0.2, 0.25) is 0 Å². The molecule has 1 atom stereocenters. The first kappa shape index (κ1) is 9.79. The van der Waals surface area contributed by atoms with Gasteiger partial charge in [0.25, 0.3) is 0 Å². The number of nitrogens with zero attached hydrogens (tertiary/aromatic N) is 1. The van der Waals surface area contributed by atoms with Gasteiger partial charge in [-0.2, -0.15) is 5.26 Å². The van der Waals surface area contributed by atoms with Crippen molar-refractivity contribution >= 4 is 23.2 Å². The minimum absolute atomic E-state index is 0.253. The van der Waals surface area contributed by atoms with Gasteiger partial charge in [0.05, 0.1) is 11.6 Å². The summed E-state index contributed by atoms with van der Waals surface area (Å²) in [5, 5.41) is 13.1. The Hall–Kier alpha value is -0.750. The molecule has 1 N–H and O–H groups in total. The van der Waals surface area contributed by atoms with E-state index in [0.717, 1.165) is 18.5 Å². The van der Waals surface area contributed by atoms with Gasteiger partial charge in [-0.1, -0.05) is 23.2 Å². The van der Waals surface area contributed by atoms with Crippen LogP contribution in [0.1, 0.15) is 23.6 Å². The summed E-state index contributed by atoms with van der Waals surface area (Å²) in [6.45, 7) is 0.997. The lowest BCUT2D eigenvalue weighted by Gasteiger charge is -2.29. The second kappa shape index (κ2) is 3.78. The van der Waals surface area contributed by atoms with Crippen molar-refractivity contribution in [1.82, 2.24) is 5.32 Å². The number of hydrogen-bond acceptors (Lipinski definition) is 2. The fourth-order valence-electron chi connectivity index (χ4n) is 1.52. The number of nitrogens with one attached hydrogen (secondary N) is 1. The Kier molecular flexibility index (Phi) is 2.64. The monoisotopic (exact) mass is 226 g/mol. The van der Waals surface area contributed by atoms with Crippen LogP contribution in [0.3, 0.4) is 0 Å². The average Bonchev–Trinajstić information content (AvgIpc) is 2.07. The normalized spacial score (nSPS) is 19.9. The van der Waals surface area contributed by atoms with Crippen molar-refractivity contribution < 1.29 is 0 Å². The van der Waals surface area contributed by atoms with Gasteiger partial charge >= 0.3 is 0 Å². The van der Waals surface area contributed by atoms with Crippen LogP contribution >= 0.6 is 23.2 Å². The molecular weight excluding hydrogens is 219 g/mol. The highest BCUT2D eigenvalue weighted by Crippen LogP contribution is 2.35. The molecule has 1 aromatic carbocycles. The van der Waals surface area contributed by atoms with Crippen molar-refractivity contribution in [3.8, 4) is 6.07 Å². The zero-order chi connectivity index (χ0) is 10.1. The van der Waals surface area contributed by atoms with Crippen LogP contribution in [0.5, 0.6) is 0 Å². The topological polar surface area (TPSA) is 35.8 Å². The quantitative estimate of drug-likeness (QED) is 0.800. The predicted molar refractivity (Wildman–Crippen MR) is 56.5 cm³/mol. The molecule has 72 valence electrons. The Labute approximate surface area is 92.4 Å². The van der Waals surface area contributed by atoms with E-state index in [-0.39, 0.29) is 6.04 Å². The molecule has 14 heavy (non-hydrogen) atoms. The van der Waals surface area contributed by atoms with Crippen molar-refractivity contribution in [1.29, 1.82) is 5.26 Å². The van der Waals surface area contributed by atoms with E-state index in [1.165, 1.54) is 0 Å². The second-order valence-corrected chi connectivity index (χ2v) is 4.08. The largest absolute Gasteiger partial charge is 0.310 e. The molecule has 1 aliphatic heterocycles. The molecule has 0 radical (unpaired) electrons. The minimum Gasteiger partial charge on any atom is -0.310 e. The average molecular weight is 227 g/mol. The van der Waals surface area contributed by atoms with E-state index in [1.54, 1.807) is 12.1 Å². The Balaban J connectivity index is 2.45. The van der Waals surface area contributed by atoms with Gasteiger partial charge in [0.1, 0.15) is 0 Å². The van der Waals surface area contributed by atoms with Crippen LogP contribution < -0.4 is 5.32 Å². The van der Waals surface area contributed by atoms with Gasteiger partial charge in [0, 0.05) is 21.7 Å². The molecule has 1 saturated heterocycles. The fraction of sp³-hybridized carbons (Fsp3) is 0.300. The molecule has 2 rings (SSSR count). The van der Waals surface area contributed by atoms with E-state index in [2.05, 4.69) is 5.32 Å². The molecule has 1 unspecified atom stereocenters. The van der Waals surface area contributed by atoms with Crippen LogP contribution in [0.15, 0.2) is 12.1 Å². The van der Waals surface area contributed by atoms with Crippen LogP contribution in [-0.4, -0.2) is 6.54 Å². The summed E-state index contributed by atoms with van der Waals surface area (Å²) < 4.78 is 0. The predicted octanol–water partition coefficient (Wildman–Crippen LogP) is 2.90. The SMILES string of the molecule is N#Cc1cc(Cl)c(C2CCN2)c(Cl)c1. The molecule has 0 spiro atoms. The van der Waals surface area contributed by atoms with Crippen molar-refractivity contribution in [2.45, 2.75) is 12.5 Å². The lowest BCUT2D eigenvalue weighted by atomic mass is 9.97. The zero-order valence-corrected chi connectivity index (χ0v) is 8.86. The second-order valence-electron chi connectivity index (χ2n) is 3.26. The van der Waals surface area contributed by atoms with Crippen LogP contribution in [0.25, 0.3) is 0 Å². The molecule has 4 heteroatoms. The van der Waals surface area contributed by atoms with Crippen LogP contribution in [-0.2, 0) is 0 Å². The van der Waals surface area contributed by atoms with Gasteiger partial charge in [-0.25, -0.2) is 0 Å². The maximum Gasteiger partial charge on any atom is 0.0992 e. The molecule has 0 aliphatic carbocycles. The number of rotatable bonds is 1. The first-order valence-corrected chi connectivity index (χ1v) is 5.10. The highest BCUT2D eigenvalue weighted by atomic mass is 35.5. The molecule has 1 heterocycles. The lowest BCUT2D eigenvalue weighted by Crippen LogP contribution is -2.35. The number of nitriles is 1. The summed E-state index contributed by atoms with van der Waals surface area (Å²) in [5.41, 5.74) is 1.42. The third-order valence-corrected chi connectivity index (χ3v) is 3.01. The highest BCUT2D eigenvalue weighted by molar-refractivity contribution is 6.36. The molecule has 1 fully saturated rings. The van der Waals surface area contributed by atoms with Crippen molar-refractivity contribution in [3.05, 3.63) is 33.3 Å². The van der Waals surface area contributed by atoms with E-state index in [4.69, 9.17) is 28.5 Å². The molecule has 0 saturated carbocycles. The maximum absolute atomic E-state index is 8.70. The standard InChI is InChI=1S/C10H8Cl2N2/c11-7-3-6(5-13)4-8(12)10(7)9-1-2-14-9/h3-4,9,14H,1-2H2. The Morgan fingerprint density at radius 3 is 2.29 bits per heavy atom. The van der Waals surface area contributed by atoms with E-state index in [0.29, 0.717) is 15.6 Å². The summed E-state index contributed by atoms with van der Waals surface area (Å²) in [4.78, 5) is 0. The Morgan fingerprint density at radius 1 is 1.36 bits per heavy atom. The Bertz CT molecular complexity index is 382. The minimum atomic E-state index is 0.253. The summed E-state index contributed by atoms with van der Waals surface area (Å²) in [6, 6.07) is 5.59. The molecule has 2 nitrogen and oxygen atoms in total. The van der Waals surface area contributed by atoms with Crippen molar-refractivity contribution in [2.24, 2.45) is 0 Å². The first-order valence-electron chi connectivity index (χ1n) is 4.35. The molecule has 1 aromatic rings. The summed E-state index contributed by atoms with van der Waals surface area (Å²) in [5.74, 6) is 0. The molecule has 1 aliphatic rings. The third kappa shape index (κ3) is 1.59. The van der Waals surface area contributed by atoms with Gasteiger partial charge < -0.3 is 5.32 Å². The van der Waals surface area contributed by atoms with Gasteiger partial charge in [0.15, 0.2) is 0 Å². The fourth-order valence-corrected chi connectivity index (χ4v) is 2.27. The summed E-state index contributed by atoms with van der Waals surface area (Å²) >= 11 is 12.1. The number of benzene rings is 1. The maximum atomic E-state index is 8.70. The first-order chi connectivity index (χ1) is 6.72. The Morgan fingerprint density at radius 2 is 1.93 bits per heavy atom. The molecule has 0 aromatic heterocycles. The highest BCUT2D eigenvalue weighted by Gasteiger charge is 2.23. The van der Waals surface area contributed by atoms with Crippen molar-refractivity contribution in [2.75, 3.05) is 6.54 Å². The zero-order valence-electron chi connectivity index (χ0n) is 7.35. The van der Waals surface area contributed by atoms with E-state index in [9.17, 15) is 0 Å². The van der Waals surface area contributed by atoms with Crippen molar-refractivity contribution in [3.63, 3.8) is 0 Å². The van der Waals surface area contributed by atoms with E-state index in [1.807, 2.05) is 6.07 Å². The van der Waals surface area contributed by atoms with E-state index < -0.39 is 0 Å². The van der Waals surface area contributed by atoms with Crippen LogP contribution in [0.2, 0.25) is 10.0 Å². The van der Waals surface area contributed by atoms with Gasteiger partial charge in [-0.05, 0) is 25.1 Å². The van der Waals surface area contributed by atoms with Crippen LogP contribution in [0, 0.1) is 11.3 Å². The number of hydrogen-bond donors (Lipinski definition) is 1. The number of halogens is 2. The molecular formula is C10H8Cl2N2. The van der Waals surface area contributed by atoms with Gasteiger partial charge in [-0.15, -0.1) is 0 Å². The summed E-state index contributed by atoms with van der Waals surface area (Å²) in [6.07, 6.45) is 1.05. The molecule has 0 amide bonds. The third-order valence-electron chi connectivity index (χ3n) is 2.38. The lowest BCUT2D eigenvalue weighted by molar-refractivity contribution is 0.383. The summed E-state index contributed by atoms with van der Waals surface area (Å²) in [7, 11) is 0. The smallest absolute Gasteiger partial charge is 0.0992 e. The van der Waals surface area contributed by atoms with E-state index >= 15 is 0 Å². The molecule has 0 bridgehead atoms.